The molecular formula is C31H40FN5O5S. The van der Waals surface area contributed by atoms with E-state index in [-0.39, 0.29) is 40.7 Å². The Hall–Kier alpha value is -3.51. The number of nitrogens with zero attached hydrogens (tertiary/aromatic N) is 2. The molecule has 2 atom stereocenters. The summed E-state index contributed by atoms with van der Waals surface area (Å²) in [5, 5.41) is 2.99. The van der Waals surface area contributed by atoms with Gasteiger partial charge in [-0.3, -0.25) is 9.69 Å². The maximum atomic E-state index is 13.3. The summed E-state index contributed by atoms with van der Waals surface area (Å²) in [6.07, 6.45) is 3.37. The largest absolute Gasteiger partial charge is 0.444 e. The van der Waals surface area contributed by atoms with E-state index in [9.17, 15) is 22.4 Å². The van der Waals surface area contributed by atoms with Crippen LogP contribution in [-0.4, -0.2) is 53.5 Å². The second-order valence-corrected chi connectivity index (χ2v) is 14.3. The zero-order valence-corrected chi connectivity index (χ0v) is 25.8. The molecule has 2 amide bonds. The van der Waals surface area contributed by atoms with Crippen molar-refractivity contribution in [3.63, 3.8) is 0 Å². The van der Waals surface area contributed by atoms with Gasteiger partial charge in [-0.2, -0.15) is 0 Å². The predicted octanol–water partition coefficient (Wildman–Crippen LogP) is 5.49. The van der Waals surface area contributed by atoms with E-state index in [1.54, 1.807) is 35.2 Å². The molecule has 0 spiro atoms. The van der Waals surface area contributed by atoms with Crippen molar-refractivity contribution >= 4 is 33.1 Å². The van der Waals surface area contributed by atoms with E-state index in [2.05, 4.69) is 20.0 Å². The number of likely N-dealkylation sites (tertiary alicyclic amines) is 1. The second kappa shape index (κ2) is 12.2. The lowest BCUT2D eigenvalue weighted by Crippen LogP contribution is -2.41. The van der Waals surface area contributed by atoms with Crippen molar-refractivity contribution in [2.45, 2.75) is 94.8 Å². The lowest BCUT2D eigenvalue weighted by molar-refractivity contribution is -0.126. The lowest BCUT2D eigenvalue weighted by Gasteiger charge is -2.29. The van der Waals surface area contributed by atoms with Crippen molar-refractivity contribution in [2.75, 3.05) is 6.54 Å². The van der Waals surface area contributed by atoms with E-state index < -0.39 is 21.7 Å². The number of fused-ring (bicyclic) bond motifs is 1. The monoisotopic (exact) mass is 613 g/mol. The van der Waals surface area contributed by atoms with Gasteiger partial charge in [0.15, 0.2) is 0 Å². The third kappa shape index (κ3) is 7.35. The van der Waals surface area contributed by atoms with E-state index in [1.807, 2.05) is 27.7 Å². The van der Waals surface area contributed by atoms with Gasteiger partial charge < -0.3 is 15.0 Å². The van der Waals surface area contributed by atoms with Crippen molar-refractivity contribution in [3.8, 4) is 0 Å². The van der Waals surface area contributed by atoms with Crippen LogP contribution in [0.15, 0.2) is 47.4 Å². The number of carbonyl (C=O) groups is 2. The van der Waals surface area contributed by atoms with E-state index in [0.717, 1.165) is 18.4 Å². The Kier molecular flexibility index (Phi) is 8.80. The number of aromatic amines is 1. The first-order chi connectivity index (χ1) is 20.3. The van der Waals surface area contributed by atoms with E-state index >= 15 is 0 Å². The first-order valence-corrected chi connectivity index (χ1v) is 16.3. The Balaban J connectivity index is 1.19. The molecule has 232 valence electrons. The smallest absolute Gasteiger partial charge is 0.410 e. The molecule has 3 aromatic rings. The molecule has 0 radical (unpaired) electrons. The van der Waals surface area contributed by atoms with Crippen molar-refractivity contribution in [1.29, 1.82) is 0 Å². The third-order valence-corrected chi connectivity index (χ3v) is 9.65. The molecule has 10 nitrogen and oxygen atoms in total. The first kappa shape index (κ1) is 30.9. The van der Waals surface area contributed by atoms with E-state index in [1.165, 1.54) is 12.1 Å². The van der Waals surface area contributed by atoms with Gasteiger partial charge >= 0.3 is 6.09 Å². The maximum absolute atomic E-state index is 13.3. The van der Waals surface area contributed by atoms with Crippen molar-refractivity contribution < 1.29 is 27.1 Å². The second-order valence-electron chi connectivity index (χ2n) is 12.6. The molecule has 2 aromatic carbocycles. The Morgan fingerprint density at radius 3 is 2.44 bits per heavy atom. The number of sulfonamides is 1. The van der Waals surface area contributed by atoms with Gasteiger partial charge in [0.1, 0.15) is 17.2 Å². The number of ether oxygens (including phenoxy) is 1. The van der Waals surface area contributed by atoms with Crippen LogP contribution in [0.5, 0.6) is 0 Å². The Morgan fingerprint density at radius 2 is 1.77 bits per heavy atom. The summed E-state index contributed by atoms with van der Waals surface area (Å²) in [5.41, 5.74) is 1.40. The third-order valence-electron chi connectivity index (χ3n) is 8.13. The summed E-state index contributed by atoms with van der Waals surface area (Å²) >= 11 is 0. The zero-order valence-electron chi connectivity index (χ0n) is 25.0. The number of carbonyl (C=O) groups excluding carboxylic acids is 2. The minimum Gasteiger partial charge on any atom is -0.444 e. The Morgan fingerprint density at radius 1 is 1.07 bits per heavy atom. The molecule has 0 bridgehead atoms. The predicted molar refractivity (Wildman–Crippen MR) is 160 cm³/mol. The van der Waals surface area contributed by atoms with Gasteiger partial charge in [0, 0.05) is 18.5 Å². The molecule has 43 heavy (non-hydrogen) atoms. The number of aromatic nitrogens is 2. The molecule has 1 saturated carbocycles. The highest BCUT2D eigenvalue weighted by Crippen LogP contribution is 2.33. The number of hydrogen-bond donors (Lipinski definition) is 3. The fraction of sp³-hybridized carbons (Fsp3) is 0.516. The van der Waals surface area contributed by atoms with Crippen LogP contribution in [0.25, 0.3) is 11.0 Å². The van der Waals surface area contributed by atoms with Crippen molar-refractivity contribution in [3.05, 3.63) is 59.7 Å². The highest BCUT2D eigenvalue weighted by Gasteiger charge is 2.35. The fourth-order valence-electron chi connectivity index (χ4n) is 5.85. The van der Waals surface area contributed by atoms with Crippen LogP contribution in [0, 0.1) is 11.7 Å². The standard InChI is InChI=1S/C31H40FN5O5S/c1-19(20-7-11-22(32)12-8-20)33-29(38)21-9-13-23(14-10-21)36-43(40,41)24-15-16-25-26(18-24)35-28(34-25)27-6-5-17-37(27)30(39)42-31(2,3)4/h7-8,11-12,15-16,18-19,21,23,27,36H,5-6,9-10,13-14,17H2,1-4H3,(H,33,38)(H,34,35)/t19-,21-,23-,27+/m1/s1. The topological polar surface area (TPSA) is 133 Å². The van der Waals surface area contributed by atoms with Crippen LogP contribution in [0.3, 0.4) is 0 Å². The van der Waals surface area contributed by atoms with Crippen LogP contribution in [0.1, 0.15) is 89.7 Å². The number of hydrogen-bond acceptors (Lipinski definition) is 6. The highest BCUT2D eigenvalue weighted by atomic mass is 32.2. The number of rotatable bonds is 7. The van der Waals surface area contributed by atoms with Crippen LogP contribution in [-0.2, 0) is 19.6 Å². The molecule has 1 aliphatic carbocycles. The minimum absolute atomic E-state index is 0.0783. The number of amides is 2. The zero-order chi connectivity index (χ0) is 30.9. The number of imidazole rings is 1. The molecule has 1 saturated heterocycles. The van der Waals surface area contributed by atoms with Crippen LogP contribution in [0.4, 0.5) is 9.18 Å². The summed E-state index contributed by atoms with van der Waals surface area (Å²) in [4.78, 5) is 35.3. The molecule has 1 aromatic heterocycles. The van der Waals surface area contributed by atoms with Gasteiger partial charge in [0.2, 0.25) is 15.9 Å². The van der Waals surface area contributed by atoms with Gasteiger partial charge in [0.05, 0.1) is 28.0 Å². The maximum Gasteiger partial charge on any atom is 0.410 e. The molecule has 2 fully saturated rings. The average molecular weight is 614 g/mol. The van der Waals surface area contributed by atoms with Crippen LogP contribution >= 0.6 is 0 Å². The summed E-state index contributed by atoms with van der Waals surface area (Å²) in [7, 11) is -3.82. The molecule has 2 heterocycles. The number of nitrogens with one attached hydrogen (secondary N) is 3. The summed E-state index contributed by atoms with van der Waals surface area (Å²) in [5.74, 6) is -0.0114. The number of H-pyrrole nitrogens is 1. The normalized spacial score (nSPS) is 22.0. The molecule has 3 N–H and O–H groups in total. The fourth-order valence-corrected chi connectivity index (χ4v) is 7.17. The number of benzene rings is 2. The van der Waals surface area contributed by atoms with Gasteiger partial charge in [-0.15, -0.1) is 0 Å². The van der Waals surface area contributed by atoms with Crippen molar-refractivity contribution in [1.82, 2.24) is 24.9 Å². The lowest BCUT2D eigenvalue weighted by atomic mass is 9.85. The highest BCUT2D eigenvalue weighted by molar-refractivity contribution is 7.89. The minimum atomic E-state index is -3.82. The summed E-state index contributed by atoms with van der Waals surface area (Å²) in [6, 6.07) is 10.0. The molecular weight excluding hydrogens is 573 g/mol. The van der Waals surface area contributed by atoms with Gasteiger partial charge in [-0.25, -0.2) is 27.3 Å². The molecule has 1 aliphatic heterocycles. The van der Waals surface area contributed by atoms with Gasteiger partial charge in [0.25, 0.3) is 0 Å². The molecule has 12 heteroatoms. The summed E-state index contributed by atoms with van der Waals surface area (Å²) in [6.45, 7) is 7.91. The van der Waals surface area contributed by atoms with Gasteiger partial charge in [-0.05, 0) is 102 Å². The van der Waals surface area contributed by atoms with Gasteiger partial charge in [-0.1, -0.05) is 12.1 Å². The quantitative estimate of drug-likeness (QED) is 0.323. The summed E-state index contributed by atoms with van der Waals surface area (Å²) < 4.78 is 48.2. The Bertz CT molecular complexity index is 1580. The first-order valence-electron chi connectivity index (χ1n) is 14.9. The van der Waals surface area contributed by atoms with Crippen molar-refractivity contribution in [2.24, 2.45) is 5.92 Å². The SMILES string of the molecule is C[C@@H](NC(=O)[C@H]1CC[C@H](NS(=O)(=O)c2ccc3[nH]c([C@@H]4CCCN4C(=O)OC(C)(C)C)nc3c2)CC1)c1ccc(F)cc1. The molecule has 2 aliphatic rings. The van der Waals surface area contributed by atoms with E-state index in [0.29, 0.717) is 49.1 Å². The van der Waals surface area contributed by atoms with E-state index in [4.69, 9.17) is 4.74 Å². The average Bonchev–Trinajstić information content (AvgIpc) is 3.59. The van der Waals surface area contributed by atoms with Crippen LogP contribution in [0.2, 0.25) is 0 Å². The number of halogens is 1. The molecule has 0 unspecified atom stereocenters. The molecule has 5 rings (SSSR count). The Labute approximate surface area is 251 Å². The van der Waals surface area contributed by atoms with Crippen LogP contribution < -0.4 is 10.0 Å².